The van der Waals surface area contributed by atoms with Gasteiger partial charge < -0.3 is 20.7 Å². The standard InChI is InChI=1S/C15H23N3O2/c1-15(2,3)14(19)17-11-4-5-13(12(16)10-11)18-6-8-20-9-7-18/h4-5,10H,6-9,16H2,1-3H3,(H,17,19). The highest BCUT2D eigenvalue weighted by Gasteiger charge is 2.21. The van der Waals surface area contributed by atoms with Gasteiger partial charge in [-0.15, -0.1) is 0 Å². The summed E-state index contributed by atoms with van der Waals surface area (Å²) in [7, 11) is 0. The maximum atomic E-state index is 12.0. The molecule has 0 atom stereocenters. The molecule has 1 aromatic rings. The number of nitrogens with zero attached hydrogens (tertiary/aromatic N) is 1. The van der Waals surface area contributed by atoms with Crippen molar-refractivity contribution in [3.8, 4) is 0 Å². The molecular formula is C15H23N3O2. The lowest BCUT2D eigenvalue weighted by Gasteiger charge is -2.30. The van der Waals surface area contributed by atoms with E-state index in [0.29, 0.717) is 5.69 Å². The number of hydrogen-bond acceptors (Lipinski definition) is 4. The Hall–Kier alpha value is -1.75. The van der Waals surface area contributed by atoms with Gasteiger partial charge in [0.2, 0.25) is 5.91 Å². The van der Waals surface area contributed by atoms with Crippen molar-refractivity contribution in [3.05, 3.63) is 18.2 Å². The molecule has 0 saturated carbocycles. The SMILES string of the molecule is CC(C)(C)C(=O)Nc1ccc(N2CCOCC2)c(N)c1. The van der Waals surface area contributed by atoms with Gasteiger partial charge in [-0.1, -0.05) is 20.8 Å². The van der Waals surface area contributed by atoms with Crippen molar-refractivity contribution in [2.75, 3.05) is 42.3 Å². The van der Waals surface area contributed by atoms with E-state index in [4.69, 9.17) is 10.5 Å². The molecule has 5 heteroatoms. The second-order valence-corrected chi connectivity index (χ2v) is 6.08. The maximum Gasteiger partial charge on any atom is 0.229 e. The van der Waals surface area contributed by atoms with Crippen LogP contribution in [0.3, 0.4) is 0 Å². The van der Waals surface area contributed by atoms with Gasteiger partial charge in [-0.05, 0) is 18.2 Å². The summed E-state index contributed by atoms with van der Waals surface area (Å²) in [6.45, 7) is 8.79. The molecule has 20 heavy (non-hydrogen) atoms. The maximum absolute atomic E-state index is 12.0. The third-order valence-corrected chi connectivity index (χ3v) is 3.32. The minimum absolute atomic E-state index is 0.0176. The number of hydrogen-bond donors (Lipinski definition) is 2. The van der Waals surface area contributed by atoms with Gasteiger partial charge in [-0.3, -0.25) is 4.79 Å². The highest BCUT2D eigenvalue weighted by Crippen LogP contribution is 2.28. The number of nitrogen functional groups attached to an aromatic ring is 1. The third-order valence-electron chi connectivity index (χ3n) is 3.32. The molecule has 1 aliphatic heterocycles. The molecular weight excluding hydrogens is 254 g/mol. The van der Waals surface area contributed by atoms with Crippen molar-refractivity contribution >= 4 is 23.0 Å². The fraction of sp³-hybridized carbons (Fsp3) is 0.533. The van der Waals surface area contributed by atoms with Crippen molar-refractivity contribution in [1.82, 2.24) is 0 Å². The van der Waals surface area contributed by atoms with Gasteiger partial charge in [0.15, 0.2) is 0 Å². The molecule has 1 aromatic carbocycles. The van der Waals surface area contributed by atoms with E-state index >= 15 is 0 Å². The first-order valence-corrected chi connectivity index (χ1v) is 6.91. The number of anilines is 3. The number of amides is 1. The van der Waals surface area contributed by atoms with Crippen molar-refractivity contribution < 1.29 is 9.53 Å². The number of rotatable bonds is 2. The number of nitrogens with two attached hydrogens (primary N) is 1. The smallest absolute Gasteiger partial charge is 0.229 e. The van der Waals surface area contributed by atoms with Crippen LogP contribution in [-0.4, -0.2) is 32.2 Å². The molecule has 1 amide bonds. The van der Waals surface area contributed by atoms with E-state index in [2.05, 4.69) is 10.2 Å². The van der Waals surface area contributed by atoms with Crippen molar-refractivity contribution in [2.24, 2.45) is 5.41 Å². The lowest BCUT2D eigenvalue weighted by molar-refractivity contribution is -0.123. The Balaban J connectivity index is 2.11. The first kappa shape index (κ1) is 14.7. The fourth-order valence-corrected chi connectivity index (χ4v) is 2.04. The largest absolute Gasteiger partial charge is 0.397 e. The van der Waals surface area contributed by atoms with Crippen LogP contribution < -0.4 is 16.0 Å². The summed E-state index contributed by atoms with van der Waals surface area (Å²) in [6, 6.07) is 5.66. The average Bonchev–Trinajstić information content (AvgIpc) is 2.38. The molecule has 0 spiro atoms. The van der Waals surface area contributed by atoms with Crippen molar-refractivity contribution in [2.45, 2.75) is 20.8 Å². The number of benzene rings is 1. The lowest BCUT2D eigenvalue weighted by atomic mass is 9.95. The van der Waals surface area contributed by atoms with E-state index in [1.54, 1.807) is 0 Å². The molecule has 3 N–H and O–H groups in total. The molecule has 1 heterocycles. The molecule has 0 aromatic heterocycles. The van der Waals surface area contributed by atoms with E-state index in [-0.39, 0.29) is 5.91 Å². The molecule has 2 rings (SSSR count). The number of carbonyl (C=O) groups excluding carboxylic acids is 1. The van der Waals surface area contributed by atoms with Gasteiger partial charge in [0.05, 0.1) is 24.6 Å². The minimum atomic E-state index is -0.419. The Morgan fingerprint density at radius 2 is 1.95 bits per heavy atom. The number of carbonyl (C=O) groups is 1. The van der Waals surface area contributed by atoms with E-state index in [0.717, 1.165) is 37.7 Å². The zero-order chi connectivity index (χ0) is 14.8. The van der Waals surface area contributed by atoms with E-state index in [9.17, 15) is 4.79 Å². The summed E-state index contributed by atoms with van der Waals surface area (Å²) in [5.41, 5.74) is 8.10. The summed E-state index contributed by atoms with van der Waals surface area (Å²) in [5, 5.41) is 2.89. The molecule has 1 saturated heterocycles. The molecule has 0 aliphatic carbocycles. The summed E-state index contributed by atoms with van der Waals surface area (Å²) in [6.07, 6.45) is 0. The normalized spacial score (nSPS) is 16.1. The second-order valence-electron chi connectivity index (χ2n) is 6.08. The molecule has 1 fully saturated rings. The molecule has 0 bridgehead atoms. The monoisotopic (exact) mass is 277 g/mol. The van der Waals surface area contributed by atoms with E-state index in [1.165, 1.54) is 0 Å². The predicted molar refractivity (Wildman–Crippen MR) is 82.0 cm³/mol. The van der Waals surface area contributed by atoms with Crippen LogP contribution in [0.5, 0.6) is 0 Å². The lowest BCUT2D eigenvalue weighted by Crippen LogP contribution is -2.36. The Morgan fingerprint density at radius 3 is 2.50 bits per heavy atom. The Bertz CT molecular complexity index is 488. The highest BCUT2D eigenvalue weighted by molar-refractivity contribution is 5.95. The topological polar surface area (TPSA) is 67.6 Å². The zero-order valence-electron chi connectivity index (χ0n) is 12.4. The summed E-state index contributed by atoms with van der Waals surface area (Å²) >= 11 is 0. The highest BCUT2D eigenvalue weighted by atomic mass is 16.5. The quantitative estimate of drug-likeness (QED) is 0.812. The van der Waals surface area contributed by atoms with Crippen LogP contribution >= 0.6 is 0 Å². The molecule has 110 valence electrons. The Kier molecular flexibility index (Phi) is 4.18. The predicted octanol–water partition coefficient (Wildman–Crippen LogP) is 2.09. The van der Waals surface area contributed by atoms with Crippen LogP contribution in [-0.2, 0) is 9.53 Å². The van der Waals surface area contributed by atoms with Crippen LogP contribution in [0.1, 0.15) is 20.8 Å². The van der Waals surface area contributed by atoms with Gasteiger partial charge >= 0.3 is 0 Å². The molecule has 5 nitrogen and oxygen atoms in total. The summed E-state index contributed by atoms with van der Waals surface area (Å²) < 4.78 is 5.34. The molecule has 0 unspecified atom stereocenters. The van der Waals surface area contributed by atoms with Crippen LogP contribution in [0, 0.1) is 5.41 Å². The fourth-order valence-electron chi connectivity index (χ4n) is 2.04. The number of nitrogens with one attached hydrogen (secondary N) is 1. The first-order chi connectivity index (χ1) is 9.38. The molecule has 1 aliphatic rings. The van der Waals surface area contributed by atoms with Crippen LogP contribution in [0.2, 0.25) is 0 Å². The Labute approximate surface area is 120 Å². The third kappa shape index (κ3) is 3.42. The van der Waals surface area contributed by atoms with Crippen LogP contribution in [0.25, 0.3) is 0 Å². The van der Waals surface area contributed by atoms with Gasteiger partial charge in [0.25, 0.3) is 0 Å². The minimum Gasteiger partial charge on any atom is -0.397 e. The second kappa shape index (κ2) is 5.71. The van der Waals surface area contributed by atoms with Crippen LogP contribution in [0.15, 0.2) is 18.2 Å². The number of ether oxygens (including phenoxy) is 1. The Morgan fingerprint density at radius 1 is 1.30 bits per heavy atom. The summed E-state index contributed by atoms with van der Waals surface area (Å²) in [4.78, 5) is 14.2. The number of morpholine rings is 1. The van der Waals surface area contributed by atoms with E-state index < -0.39 is 5.41 Å². The van der Waals surface area contributed by atoms with Crippen molar-refractivity contribution in [3.63, 3.8) is 0 Å². The zero-order valence-corrected chi connectivity index (χ0v) is 12.4. The summed E-state index contributed by atoms with van der Waals surface area (Å²) in [5.74, 6) is -0.0176. The van der Waals surface area contributed by atoms with Gasteiger partial charge in [0.1, 0.15) is 0 Å². The van der Waals surface area contributed by atoms with E-state index in [1.807, 2.05) is 39.0 Å². The van der Waals surface area contributed by atoms with Crippen LogP contribution in [0.4, 0.5) is 17.1 Å². The van der Waals surface area contributed by atoms with Gasteiger partial charge in [0, 0.05) is 24.2 Å². The first-order valence-electron chi connectivity index (χ1n) is 6.91. The molecule has 0 radical (unpaired) electrons. The van der Waals surface area contributed by atoms with Gasteiger partial charge in [-0.2, -0.15) is 0 Å². The van der Waals surface area contributed by atoms with Crippen molar-refractivity contribution in [1.29, 1.82) is 0 Å². The van der Waals surface area contributed by atoms with Gasteiger partial charge in [-0.25, -0.2) is 0 Å². The average molecular weight is 277 g/mol.